The molecule has 1 aliphatic rings. The van der Waals surface area contributed by atoms with Gasteiger partial charge in [-0.15, -0.1) is 0 Å². The molecule has 104 valence electrons. The highest BCUT2D eigenvalue weighted by atomic mass is 16.1. The summed E-state index contributed by atoms with van der Waals surface area (Å²) < 4.78 is 1.75. The van der Waals surface area contributed by atoms with Crippen molar-refractivity contribution < 1.29 is 0 Å². The lowest BCUT2D eigenvalue weighted by Gasteiger charge is -2.29. The van der Waals surface area contributed by atoms with Gasteiger partial charge in [0.2, 0.25) is 5.95 Å². The summed E-state index contributed by atoms with van der Waals surface area (Å²) in [5.41, 5.74) is 0.543. The van der Waals surface area contributed by atoms with Crippen LogP contribution in [0.25, 0.3) is 0 Å². The summed E-state index contributed by atoms with van der Waals surface area (Å²) in [4.78, 5) is 19.1. The van der Waals surface area contributed by atoms with Gasteiger partial charge in [-0.3, -0.25) is 9.36 Å². The lowest BCUT2D eigenvalue weighted by molar-refractivity contribution is 0.552. The number of nitrogens with one attached hydrogen (secondary N) is 1. The van der Waals surface area contributed by atoms with Crippen LogP contribution in [-0.2, 0) is 6.54 Å². The van der Waals surface area contributed by atoms with Crippen molar-refractivity contribution in [1.82, 2.24) is 9.55 Å². The monoisotopic (exact) mass is 262 g/mol. The minimum absolute atomic E-state index is 0.00354. The number of piperidine rings is 1. The zero-order valence-electron chi connectivity index (χ0n) is 11.7. The molecule has 0 unspecified atom stereocenters. The van der Waals surface area contributed by atoms with Crippen molar-refractivity contribution >= 4 is 11.6 Å². The van der Waals surface area contributed by atoms with E-state index in [4.69, 9.17) is 0 Å². The highest BCUT2D eigenvalue weighted by Gasteiger charge is 2.17. The third kappa shape index (κ3) is 2.97. The van der Waals surface area contributed by atoms with Crippen molar-refractivity contribution in [3.05, 3.63) is 28.7 Å². The van der Waals surface area contributed by atoms with Crippen LogP contribution in [-0.4, -0.2) is 29.7 Å². The van der Waals surface area contributed by atoms with Gasteiger partial charge in [0.1, 0.15) is 5.69 Å². The van der Waals surface area contributed by atoms with Crippen LogP contribution in [0.2, 0.25) is 0 Å². The average molecular weight is 262 g/mol. The molecule has 1 aromatic rings. The van der Waals surface area contributed by atoms with Crippen LogP contribution in [0, 0.1) is 0 Å². The molecule has 2 rings (SSSR count). The Morgan fingerprint density at radius 2 is 2.11 bits per heavy atom. The largest absolute Gasteiger partial charge is 0.382 e. The Morgan fingerprint density at radius 1 is 1.37 bits per heavy atom. The molecule has 0 aliphatic carbocycles. The molecule has 19 heavy (non-hydrogen) atoms. The van der Waals surface area contributed by atoms with E-state index in [9.17, 15) is 4.79 Å². The number of allylic oxidation sites excluding steroid dienone is 2. The number of aromatic nitrogens is 2. The number of hydrogen-bond acceptors (Lipinski definition) is 4. The molecule has 1 aromatic heterocycles. The number of rotatable bonds is 4. The normalized spacial score (nSPS) is 16.0. The topological polar surface area (TPSA) is 50.2 Å². The van der Waals surface area contributed by atoms with Gasteiger partial charge in [0.25, 0.3) is 5.56 Å². The zero-order valence-corrected chi connectivity index (χ0v) is 11.7. The molecular weight excluding hydrogens is 240 g/mol. The molecule has 0 saturated carbocycles. The van der Waals surface area contributed by atoms with E-state index in [2.05, 4.69) is 15.2 Å². The Labute approximate surface area is 114 Å². The van der Waals surface area contributed by atoms with Gasteiger partial charge < -0.3 is 10.2 Å². The van der Waals surface area contributed by atoms with Crippen molar-refractivity contribution in [3.8, 4) is 0 Å². The lowest BCUT2D eigenvalue weighted by Crippen LogP contribution is -2.36. The number of anilines is 2. The predicted molar refractivity (Wildman–Crippen MR) is 78.9 cm³/mol. The summed E-state index contributed by atoms with van der Waals surface area (Å²) in [5, 5.41) is 2.90. The molecule has 1 N–H and O–H groups in total. The van der Waals surface area contributed by atoms with Gasteiger partial charge in [-0.05, 0) is 26.2 Å². The molecule has 0 spiro atoms. The first-order chi connectivity index (χ1) is 9.27. The van der Waals surface area contributed by atoms with Crippen molar-refractivity contribution in [3.63, 3.8) is 0 Å². The van der Waals surface area contributed by atoms with E-state index in [1.165, 1.54) is 19.3 Å². The highest BCUT2D eigenvalue weighted by Crippen LogP contribution is 2.17. The average Bonchev–Trinajstić information content (AvgIpc) is 2.46. The van der Waals surface area contributed by atoms with E-state index in [0.717, 1.165) is 19.0 Å². The molecule has 1 aliphatic heterocycles. The fourth-order valence-corrected chi connectivity index (χ4v) is 2.38. The summed E-state index contributed by atoms with van der Waals surface area (Å²) in [6.07, 6.45) is 9.19. The van der Waals surface area contributed by atoms with Crippen LogP contribution < -0.4 is 15.8 Å². The summed E-state index contributed by atoms with van der Waals surface area (Å²) in [5.74, 6) is 0.793. The maximum Gasteiger partial charge on any atom is 0.278 e. The maximum atomic E-state index is 12.4. The predicted octanol–water partition coefficient (Wildman–Crippen LogP) is 1.85. The number of nitrogens with zero attached hydrogens (tertiary/aromatic N) is 3. The van der Waals surface area contributed by atoms with Crippen LogP contribution in [0.1, 0.15) is 26.2 Å². The first-order valence-electron chi connectivity index (χ1n) is 6.91. The van der Waals surface area contributed by atoms with Gasteiger partial charge in [-0.1, -0.05) is 12.2 Å². The fourth-order valence-electron chi connectivity index (χ4n) is 2.38. The standard InChI is InChI=1S/C14H22N4O/c1-3-4-10-18-13(19)12(15-2)11-16-14(18)17-8-6-5-7-9-17/h3-4,11,15H,5-10H2,1-2H3/b4-3+. The minimum atomic E-state index is -0.00354. The Hall–Kier alpha value is -1.78. The van der Waals surface area contributed by atoms with Crippen LogP contribution in [0.4, 0.5) is 11.6 Å². The van der Waals surface area contributed by atoms with E-state index in [1.54, 1.807) is 17.8 Å². The molecule has 1 saturated heterocycles. The van der Waals surface area contributed by atoms with E-state index in [-0.39, 0.29) is 5.56 Å². The molecule has 5 nitrogen and oxygen atoms in total. The van der Waals surface area contributed by atoms with Crippen molar-refractivity contribution in [2.75, 3.05) is 30.4 Å². The van der Waals surface area contributed by atoms with Crippen LogP contribution >= 0.6 is 0 Å². The van der Waals surface area contributed by atoms with Gasteiger partial charge >= 0.3 is 0 Å². The Balaban J connectivity index is 2.40. The zero-order chi connectivity index (χ0) is 13.7. The van der Waals surface area contributed by atoms with Crippen LogP contribution in [0.5, 0.6) is 0 Å². The minimum Gasteiger partial charge on any atom is -0.382 e. The summed E-state index contributed by atoms with van der Waals surface area (Å²) in [7, 11) is 1.75. The third-order valence-corrected chi connectivity index (χ3v) is 3.46. The quantitative estimate of drug-likeness (QED) is 0.841. The summed E-state index contributed by atoms with van der Waals surface area (Å²) in [6.45, 7) is 4.51. The maximum absolute atomic E-state index is 12.4. The third-order valence-electron chi connectivity index (χ3n) is 3.46. The van der Waals surface area contributed by atoms with Gasteiger partial charge in [-0.25, -0.2) is 4.98 Å². The summed E-state index contributed by atoms with van der Waals surface area (Å²) >= 11 is 0. The summed E-state index contributed by atoms with van der Waals surface area (Å²) in [6, 6.07) is 0. The van der Waals surface area contributed by atoms with Crippen molar-refractivity contribution in [1.29, 1.82) is 0 Å². The molecule has 2 heterocycles. The molecular formula is C14H22N4O. The van der Waals surface area contributed by atoms with E-state index in [1.807, 2.05) is 19.1 Å². The van der Waals surface area contributed by atoms with Crippen LogP contribution in [0.15, 0.2) is 23.1 Å². The van der Waals surface area contributed by atoms with Gasteiger partial charge in [-0.2, -0.15) is 0 Å². The molecule has 0 atom stereocenters. The van der Waals surface area contributed by atoms with E-state index >= 15 is 0 Å². The highest BCUT2D eigenvalue weighted by molar-refractivity contribution is 5.43. The first kappa shape index (κ1) is 13.6. The Morgan fingerprint density at radius 3 is 2.74 bits per heavy atom. The Kier molecular flexibility index (Phi) is 4.60. The first-order valence-corrected chi connectivity index (χ1v) is 6.91. The van der Waals surface area contributed by atoms with E-state index < -0.39 is 0 Å². The smallest absolute Gasteiger partial charge is 0.278 e. The molecule has 1 fully saturated rings. The van der Waals surface area contributed by atoms with Gasteiger partial charge in [0.15, 0.2) is 0 Å². The number of hydrogen-bond donors (Lipinski definition) is 1. The van der Waals surface area contributed by atoms with Crippen LogP contribution in [0.3, 0.4) is 0 Å². The second kappa shape index (κ2) is 6.41. The van der Waals surface area contributed by atoms with Gasteiger partial charge in [0, 0.05) is 26.7 Å². The molecule has 0 aromatic carbocycles. The molecule has 0 amide bonds. The molecule has 5 heteroatoms. The molecule has 0 radical (unpaired) electrons. The second-order valence-electron chi connectivity index (χ2n) is 4.75. The molecule has 0 bridgehead atoms. The van der Waals surface area contributed by atoms with Gasteiger partial charge in [0.05, 0.1) is 6.20 Å². The second-order valence-corrected chi connectivity index (χ2v) is 4.75. The lowest BCUT2D eigenvalue weighted by atomic mass is 10.1. The van der Waals surface area contributed by atoms with E-state index in [0.29, 0.717) is 12.2 Å². The van der Waals surface area contributed by atoms with Crippen molar-refractivity contribution in [2.45, 2.75) is 32.7 Å². The van der Waals surface area contributed by atoms with Crippen molar-refractivity contribution in [2.24, 2.45) is 0 Å². The Bertz CT molecular complexity index is 501. The fraction of sp³-hybridized carbons (Fsp3) is 0.571. The SMILES string of the molecule is C/C=C/Cn1c(N2CCCCC2)ncc(NC)c1=O.